The van der Waals surface area contributed by atoms with Gasteiger partial charge in [-0.15, -0.1) is 0 Å². The van der Waals surface area contributed by atoms with E-state index in [9.17, 15) is 4.79 Å². The maximum absolute atomic E-state index is 12.2. The number of nitrogens with one attached hydrogen (secondary N) is 1. The third-order valence-electron chi connectivity index (χ3n) is 4.25. The number of hydrogen-bond donors (Lipinski definition) is 1. The molecule has 1 aromatic carbocycles. The molecule has 6 heteroatoms. The Kier molecular flexibility index (Phi) is 4.99. The van der Waals surface area contributed by atoms with E-state index in [2.05, 4.69) is 16.0 Å². The van der Waals surface area contributed by atoms with Gasteiger partial charge in [0.25, 0.3) is 0 Å². The molecule has 0 saturated carbocycles. The molecule has 136 valence electrons. The van der Waals surface area contributed by atoms with Crippen molar-refractivity contribution in [2.24, 2.45) is 0 Å². The van der Waals surface area contributed by atoms with Gasteiger partial charge in [0.05, 0.1) is 29.7 Å². The number of carbonyl (C=O) groups is 1. The van der Waals surface area contributed by atoms with Crippen molar-refractivity contribution < 1.29 is 14.3 Å². The van der Waals surface area contributed by atoms with Crippen LogP contribution >= 0.6 is 0 Å². The number of rotatable bonds is 3. The second-order valence-electron chi connectivity index (χ2n) is 7.57. The van der Waals surface area contributed by atoms with Gasteiger partial charge in [-0.1, -0.05) is 12.1 Å². The molecule has 0 spiro atoms. The molecule has 2 unspecified atom stereocenters. The summed E-state index contributed by atoms with van der Waals surface area (Å²) in [5, 5.41) is 2.91. The highest BCUT2D eigenvalue weighted by atomic mass is 16.6. The number of para-hydroxylation sites is 2. The molecular formula is C19H27N3O3. The summed E-state index contributed by atoms with van der Waals surface area (Å²) in [5.74, 6) is 0.836. The fourth-order valence-electron chi connectivity index (χ4n) is 3.23. The first kappa shape index (κ1) is 17.7. The van der Waals surface area contributed by atoms with E-state index < -0.39 is 11.7 Å². The average molecular weight is 345 g/mol. The Labute approximate surface area is 148 Å². The normalized spacial score (nSPS) is 19.6. The number of ether oxygens (including phenoxy) is 2. The topological polar surface area (TPSA) is 65.4 Å². The number of fused-ring (bicyclic) bond motifs is 1. The van der Waals surface area contributed by atoms with Crippen LogP contribution in [0.2, 0.25) is 0 Å². The summed E-state index contributed by atoms with van der Waals surface area (Å²) < 4.78 is 13.3. The Morgan fingerprint density at radius 1 is 1.40 bits per heavy atom. The zero-order valence-corrected chi connectivity index (χ0v) is 15.4. The van der Waals surface area contributed by atoms with Crippen molar-refractivity contribution in [1.29, 1.82) is 0 Å². The fourth-order valence-corrected chi connectivity index (χ4v) is 3.23. The molecule has 2 aromatic rings. The minimum atomic E-state index is -0.527. The zero-order chi connectivity index (χ0) is 18.0. The first-order chi connectivity index (χ1) is 11.8. The van der Waals surface area contributed by atoms with E-state index in [1.54, 1.807) is 0 Å². The highest BCUT2D eigenvalue weighted by molar-refractivity contribution is 5.76. The Balaban J connectivity index is 1.90. The van der Waals surface area contributed by atoms with Crippen LogP contribution in [0, 0.1) is 0 Å². The SMILES string of the molecule is CC(NC(=O)OC(C)(C)C)c1nc2ccccc2n1C1CCCOC1. The van der Waals surface area contributed by atoms with Crippen molar-refractivity contribution >= 4 is 17.1 Å². The summed E-state index contributed by atoms with van der Waals surface area (Å²) in [6.45, 7) is 8.98. The van der Waals surface area contributed by atoms with Gasteiger partial charge in [-0.05, 0) is 52.7 Å². The van der Waals surface area contributed by atoms with Crippen LogP contribution in [0.3, 0.4) is 0 Å². The van der Waals surface area contributed by atoms with Gasteiger partial charge in [0.1, 0.15) is 11.4 Å². The predicted molar refractivity (Wildman–Crippen MR) is 96.6 cm³/mol. The molecule has 1 aliphatic rings. The highest BCUT2D eigenvalue weighted by Gasteiger charge is 2.26. The number of amides is 1. The van der Waals surface area contributed by atoms with Crippen LogP contribution < -0.4 is 5.32 Å². The van der Waals surface area contributed by atoms with Crippen molar-refractivity contribution in [2.75, 3.05) is 13.2 Å². The highest BCUT2D eigenvalue weighted by Crippen LogP contribution is 2.29. The van der Waals surface area contributed by atoms with Gasteiger partial charge in [0.2, 0.25) is 0 Å². The van der Waals surface area contributed by atoms with Gasteiger partial charge in [-0.2, -0.15) is 0 Å². The van der Waals surface area contributed by atoms with Gasteiger partial charge in [-0.3, -0.25) is 0 Å². The summed E-state index contributed by atoms with van der Waals surface area (Å²) in [6.07, 6.45) is 1.65. The van der Waals surface area contributed by atoms with Crippen LogP contribution in [-0.4, -0.2) is 34.5 Å². The Bertz CT molecular complexity index is 742. The summed E-state index contributed by atoms with van der Waals surface area (Å²) in [5.41, 5.74) is 1.48. The number of benzene rings is 1. The molecule has 6 nitrogen and oxygen atoms in total. The number of aromatic nitrogens is 2. The summed E-state index contributed by atoms with van der Waals surface area (Å²) >= 11 is 0. The monoisotopic (exact) mass is 345 g/mol. The van der Waals surface area contributed by atoms with Crippen molar-refractivity contribution in [3.63, 3.8) is 0 Å². The molecule has 0 radical (unpaired) electrons. The number of carbonyl (C=O) groups excluding carboxylic acids is 1. The number of alkyl carbamates (subject to hydrolysis) is 1. The van der Waals surface area contributed by atoms with Crippen molar-refractivity contribution in [3.8, 4) is 0 Å². The molecule has 3 rings (SSSR count). The molecule has 1 N–H and O–H groups in total. The lowest BCUT2D eigenvalue weighted by molar-refractivity contribution is 0.0493. The van der Waals surface area contributed by atoms with E-state index in [0.717, 1.165) is 36.3 Å². The minimum Gasteiger partial charge on any atom is -0.444 e. The molecule has 1 fully saturated rings. The van der Waals surface area contributed by atoms with Crippen LogP contribution in [0.25, 0.3) is 11.0 Å². The second-order valence-corrected chi connectivity index (χ2v) is 7.57. The first-order valence-corrected chi connectivity index (χ1v) is 8.89. The van der Waals surface area contributed by atoms with Gasteiger partial charge in [0.15, 0.2) is 0 Å². The molecule has 1 aromatic heterocycles. The van der Waals surface area contributed by atoms with Gasteiger partial charge in [0, 0.05) is 6.61 Å². The van der Waals surface area contributed by atoms with Crippen molar-refractivity contribution in [3.05, 3.63) is 30.1 Å². The molecule has 2 heterocycles. The minimum absolute atomic E-state index is 0.235. The van der Waals surface area contributed by atoms with E-state index in [4.69, 9.17) is 14.5 Å². The quantitative estimate of drug-likeness (QED) is 0.914. The summed E-state index contributed by atoms with van der Waals surface area (Å²) in [4.78, 5) is 16.9. The van der Waals surface area contributed by atoms with E-state index in [-0.39, 0.29) is 12.1 Å². The lowest BCUT2D eigenvalue weighted by Crippen LogP contribution is -2.35. The molecule has 1 saturated heterocycles. The van der Waals surface area contributed by atoms with Crippen LogP contribution in [0.1, 0.15) is 58.4 Å². The molecule has 0 aliphatic carbocycles. The molecule has 25 heavy (non-hydrogen) atoms. The molecule has 2 atom stereocenters. The van der Waals surface area contributed by atoms with E-state index in [1.165, 1.54) is 0 Å². The van der Waals surface area contributed by atoms with E-state index in [0.29, 0.717) is 6.61 Å². The molecule has 0 bridgehead atoms. The van der Waals surface area contributed by atoms with E-state index in [1.807, 2.05) is 45.9 Å². The predicted octanol–water partition coefficient (Wildman–Crippen LogP) is 3.97. The van der Waals surface area contributed by atoms with E-state index >= 15 is 0 Å². The maximum atomic E-state index is 12.2. The Morgan fingerprint density at radius 2 is 2.16 bits per heavy atom. The third-order valence-corrected chi connectivity index (χ3v) is 4.25. The lowest BCUT2D eigenvalue weighted by atomic mass is 10.1. The number of hydrogen-bond acceptors (Lipinski definition) is 4. The van der Waals surface area contributed by atoms with Gasteiger partial charge in [-0.25, -0.2) is 9.78 Å². The number of imidazole rings is 1. The van der Waals surface area contributed by atoms with Gasteiger partial charge >= 0.3 is 6.09 Å². The van der Waals surface area contributed by atoms with Crippen molar-refractivity contribution in [2.45, 2.75) is 58.2 Å². The largest absolute Gasteiger partial charge is 0.444 e. The second kappa shape index (κ2) is 7.04. The maximum Gasteiger partial charge on any atom is 0.408 e. The number of nitrogens with zero attached hydrogens (tertiary/aromatic N) is 2. The molecular weight excluding hydrogens is 318 g/mol. The van der Waals surface area contributed by atoms with Crippen LogP contribution in [0.15, 0.2) is 24.3 Å². The molecule has 1 amide bonds. The van der Waals surface area contributed by atoms with Gasteiger partial charge < -0.3 is 19.4 Å². The first-order valence-electron chi connectivity index (χ1n) is 8.89. The fraction of sp³-hybridized carbons (Fsp3) is 0.579. The van der Waals surface area contributed by atoms with Crippen LogP contribution in [-0.2, 0) is 9.47 Å². The average Bonchev–Trinajstić information content (AvgIpc) is 2.93. The van der Waals surface area contributed by atoms with Crippen molar-refractivity contribution in [1.82, 2.24) is 14.9 Å². The lowest BCUT2D eigenvalue weighted by Gasteiger charge is -2.28. The van der Waals surface area contributed by atoms with Crippen LogP contribution in [0.4, 0.5) is 4.79 Å². The third kappa shape index (κ3) is 4.12. The zero-order valence-electron chi connectivity index (χ0n) is 15.4. The summed E-state index contributed by atoms with van der Waals surface area (Å²) in [7, 11) is 0. The summed E-state index contributed by atoms with van der Waals surface area (Å²) in [6, 6.07) is 8.04. The Morgan fingerprint density at radius 3 is 2.84 bits per heavy atom. The molecule has 1 aliphatic heterocycles. The Hall–Kier alpha value is -2.08. The standard InChI is InChI=1S/C19H27N3O3/c1-13(20-18(23)25-19(2,3)4)17-21-15-9-5-6-10-16(15)22(17)14-8-7-11-24-12-14/h5-6,9-10,13-14H,7-8,11-12H2,1-4H3,(H,20,23). The smallest absolute Gasteiger partial charge is 0.408 e. The van der Waals surface area contributed by atoms with Crippen LogP contribution in [0.5, 0.6) is 0 Å².